The number of nitrogens with zero attached hydrogens (tertiary/aromatic N) is 4. The lowest BCUT2D eigenvalue weighted by atomic mass is 10.1. The molecule has 0 saturated carbocycles. The van der Waals surface area contributed by atoms with Crippen molar-refractivity contribution >= 4 is 28.3 Å². The summed E-state index contributed by atoms with van der Waals surface area (Å²) in [7, 11) is 0. The smallest absolute Gasteiger partial charge is 0.335 e. The minimum Gasteiger partial charge on any atom is -0.478 e. The average molecular weight is 288 g/mol. The fourth-order valence-electron chi connectivity index (χ4n) is 2.08. The highest BCUT2D eigenvalue weighted by Gasteiger charge is 2.29. The lowest BCUT2D eigenvalue weighted by Gasteiger charge is -2.22. The van der Waals surface area contributed by atoms with Crippen molar-refractivity contribution in [3.63, 3.8) is 0 Å². The van der Waals surface area contributed by atoms with Crippen LogP contribution in [0.15, 0.2) is 29.8 Å². The van der Waals surface area contributed by atoms with Gasteiger partial charge in [-0.2, -0.15) is 0 Å². The van der Waals surface area contributed by atoms with Gasteiger partial charge in [0, 0.05) is 11.6 Å². The van der Waals surface area contributed by atoms with Crippen molar-refractivity contribution in [1.82, 2.24) is 20.0 Å². The highest BCUT2D eigenvalue weighted by molar-refractivity contribution is 7.09. The number of carbonyl (C=O) groups is 1. The van der Waals surface area contributed by atoms with Gasteiger partial charge in [-0.25, -0.2) is 14.5 Å². The number of carboxylic acids is 1. The third kappa shape index (κ3) is 1.87. The summed E-state index contributed by atoms with van der Waals surface area (Å²) in [6.07, 6.45) is 1.74. The summed E-state index contributed by atoms with van der Waals surface area (Å²) in [5, 5.41) is 20.2. The molecule has 6 nitrogen and oxygen atoms in total. The normalized spacial score (nSPS) is 11.9. The monoisotopic (exact) mass is 288 g/mol. The van der Waals surface area contributed by atoms with Gasteiger partial charge in [0.1, 0.15) is 16.1 Å². The summed E-state index contributed by atoms with van der Waals surface area (Å²) in [5.74, 6) is -0.966. The number of aromatic nitrogens is 4. The van der Waals surface area contributed by atoms with Gasteiger partial charge in [0.2, 0.25) is 0 Å². The van der Waals surface area contributed by atoms with E-state index in [0.717, 1.165) is 5.01 Å². The van der Waals surface area contributed by atoms with E-state index in [1.54, 1.807) is 23.0 Å². The predicted octanol–water partition coefficient (Wildman–Crippen LogP) is 2.37. The van der Waals surface area contributed by atoms with Crippen LogP contribution in [-0.4, -0.2) is 31.1 Å². The van der Waals surface area contributed by atoms with Gasteiger partial charge in [-0.05, 0) is 32.0 Å². The van der Waals surface area contributed by atoms with E-state index < -0.39 is 11.5 Å². The number of aromatic carboxylic acids is 1. The summed E-state index contributed by atoms with van der Waals surface area (Å²) in [6.45, 7) is 3.96. The van der Waals surface area contributed by atoms with Gasteiger partial charge in [-0.3, -0.25) is 0 Å². The maximum Gasteiger partial charge on any atom is 0.335 e. The van der Waals surface area contributed by atoms with Gasteiger partial charge >= 0.3 is 5.97 Å². The van der Waals surface area contributed by atoms with Gasteiger partial charge in [-0.1, -0.05) is 5.21 Å². The SMILES string of the molecule is CC(C)(c1nccs1)n1nnc2ccc(C(=O)O)cc21. The van der Waals surface area contributed by atoms with Crippen molar-refractivity contribution in [2.45, 2.75) is 19.4 Å². The van der Waals surface area contributed by atoms with Crippen LogP contribution < -0.4 is 0 Å². The van der Waals surface area contributed by atoms with Crippen LogP contribution in [0.2, 0.25) is 0 Å². The molecule has 2 aromatic heterocycles. The molecule has 0 aliphatic heterocycles. The van der Waals surface area contributed by atoms with E-state index in [1.807, 2.05) is 19.2 Å². The van der Waals surface area contributed by atoms with Crippen molar-refractivity contribution in [2.24, 2.45) is 0 Å². The summed E-state index contributed by atoms with van der Waals surface area (Å²) in [4.78, 5) is 15.4. The van der Waals surface area contributed by atoms with E-state index in [9.17, 15) is 4.79 Å². The molecule has 0 aliphatic carbocycles. The van der Waals surface area contributed by atoms with Crippen LogP contribution in [0, 0.1) is 0 Å². The van der Waals surface area contributed by atoms with Crippen molar-refractivity contribution < 1.29 is 9.90 Å². The predicted molar refractivity (Wildman–Crippen MR) is 75.0 cm³/mol. The Morgan fingerprint density at radius 2 is 2.20 bits per heavy atom. The summed E-state index contributed by atoms with van der Waals surface area (Å²) in [6, 6.07) is 4.79. The number of hydrogen-bond acceptors (Lipinski definition) is 5. The first kappa shape index (κ1) is 12.7. The molecule has 0 spiro atoms. The Hall–Kier alpha value is -2.28. The number of carboxylic acid groups (broad SMARTS) is 1. The molecule has 0 fully saturated rings. The third-order valence-electron chi connectivity index (χ3n) is 3.18. The Morgan fingerprint density at radius 1 is 1.40 bits per heavy atom. The molecule has 2 heterocycles. The molecule has 0 atom stereocenters. The molecular weight excluding hydrogens is 276 g/mol. The lowest BCUT2D eigenvalue weighted by molar-refractivity contribution is 0.0697. The number of benzene rings is 1. The van der Waals surface area contributed by atoms with Crippen LogP contribution >= 0.6 is 11.3 Å². The number of rotatable bonds is 3. The maximum absolute atomic E-state index is 11.1. The molecule has 0 radical (unpaired) electrons. The quantitative estimate of drug-likeness (QED) is 0.800. The van der Waals surface area contributed by atoms with Crippen LogP contribution in [0.4, 0.5) is 0 Å². The van der Waals surface area contributed by atoms with Gasteiger partial charge in [-0.15, -0.1) is 16.4 Å². The average Bonchev–Trinajstić information content (AvgIpc) is 3.07. The summed E-state index contributed by atoms with van der Waals surface area (Å²) < 4.78 is 1.72. The van der Waals surface area contributed by atoms with Crippen LogP contribution in [0.1, 0.15) is 29.2 Å². The summed E-state index contributed by atoms with van der Waals surface area (Å²) >= 11 is 1.53. The van der Waals surface area contributed by atoms with E-state index in [1.165, 1.54) is 17.4 Å². The van der Waals surface area contributed by atoms with E-state index >= 15 is 0 Å². The molecule has 0 aliphatic rings. The zero-order valence-corrected chi connectivity index (χ0v) is 11.8. The van der Waals surface area contributed by atoms with Crippen molar-refractivity contribution in [3.8, 4) is 0 Å². The lowest BCUT2D eigenvalue weighted by Crippen LogP contribution is -2.28. The second-order valence-electron chi connectivity index (χ2n) is 4.91. The molecule has 1 aromatic carbocycles. The van der Waals surface area contributed by atoms with E-state index in [2.05, 4.69) is 15.3 Å². The molecule has 0 bridgehead atoms. The first-order chi connectivity index (χ1) is 9.50. The number of fused-ring (bicyclic) bond motifs is 1. The van der Waals surface area contributed by atoms with Gasteiger partial charge < -0.3 is 5.11 Å². The largest absolute Gasteiger partial charge is 0.478 e. The summed E-state index contributed by atoms with van der Waals surface area (Å²) in [5.41, 5.74) is 1.08. The number of thiazole rings is 1. The second kappa shape index (κ2) is 4.38. The van der Waals surface area contributed by atoms with E-state index in [-0.39, 0.29) is 5.56 Å². The molecule has 0 unspecified atom stereocenters. The molecule has 20 heavy (non-hydrogen) atoms. The molecule has 0 saturated heterocycles. The van der Waals surface area contributed by atoms with E-state index in [0.29, 0.717) is 11.0 Å². The fourth-order valence-corrected chi connectivity index (χ4v) is 2.83. The number of hydrogen-bond donors (Lipinski definition) is 1. The maximum atomic E-state index is 11.1. The van der Waals surface area contributed by atoms with Crippen LogP contribution in [0.3, 0.4) is 0 Å². The second-order valence-corrected chi connectivity index (χ2v) is 5.80. The molecule has 3 rings (SSSR count). The standard InChI is InChI=1S/C13H12N4O2S/c1-13(2,12-14-5-6-20-12)17-10-7-8(11(18)19)3-4-9(10)15-16-17/h3-7H,1-2H3,(H,18,19). The molecule has 1 N–H and O–H groups in total. The van der Waals surface area contributed by atoms with Gasteiger partial charge in [0.05, 0.1) is 11.1 Å². The van der Waals surface area contributed by atoms with E-state index in [4.69, 9.17) is 5.11 Å². The van der Waals surface area contributed by atoms with Crippen LogP contribution in [0.5, 0.6) is 0 Å². The molecule has 0 amide bonds. The van der Waals surface area contributed by atoms with Crippen molar-refractivity contribution in [3.05, 3.63) is 40.3 Å². The highest BCUT2D eigenvalue weighted by Crippen LogP contribution is 2.29. The van der Waals surface area contributed by atoms with Crippen molar-refractivity contribution in [2.75, 3.05) is 0 Å². The first-order valence-corrected chi connectivity index (χ1v) is 6.87. The Balaban J connectivity index is 2.21. The Labute approximate surface area is 118 Å². The van der Waals surface area contributed by atoms with Crippen molar-refractivity contribution in [1.29, 1.82) is 0 Å². The minimum atomic E-state index is -0.966. The first-order valence-electron chi connectivity index (χ1n) is 5.99. The van der Waals surface area contributed by atoms with Crippen LogP contribution in [-0.2, 0) is 5.54 Å². The Morgan fingerprint density at radius 3 is 2.85 bits per heavy atom. The Kier molecular flexibility index (Phi) is 2.79. The highest BCUT2D eigenvalue weighted by atomic mass is 32.1. The fraction of sp³-hybridized carbons (Fsp3) is 0.231. The topological polar surface area (TPSA) is 80.9 Å². The van der Waals surface area contributed by atoms with Gasteiger partial charge in [0.25, 0.3) is 0 Å². The zero-order chi connectivity index (χ0) is 14.3. The van der Waals surface area contributed by atoms with Crippen LogP contribution in [0.25, 0.3) is 11.0 Å². The third-order valence-corrected chi connectivity index (χ3v) is 4.26. The molecular formula is C13H12N4O2S. The molecule has 3 aromatic rings. The minimum absolute atomic E-state index is 0.219. The Bertz CT molecular complexity index is 777. The molecule has 102 valence electrons. The molecule has 7 heteroatoms. The zero-order valence-electron chi connectivity index (χ0n) is 10.9. The van der Waals surface area contributed by atoms with Gasteiger partial charge in [0.15, 0.2) is 0 Å².